The molecule has 0 radical (unpaired) electrons. The van der Waals surface area contributed by atoms with Gasteiger partial charge in [0.2, 0.25) is 0 Å². The van der Waals surface area contributed by atoms with Crippen LogP contribution in [0.25, 0.3) is 0 Å². The van der Waals surface area contributed by atoms with Gasteiger partial charge in [-0.1, -0.05) is 0 Å². The molecule has 0 atom stereocenters. The molecule has 0 unspecified atom stereocenters. The summed E-state index contributed by atoms with van der Waals surface area (Å²) in [6, 6.07) is 0. The Labute approximate surface area is 128 Å². The van der Waals surface area contributed by atoms with Gasteiger partial charge in [-0.05, 0) is 0 Å². The normalized spacial score (nSPS) is 14.8. The fraction of sp³-hybridized carbons (Fsp3) is 0.667. The third-order valence-corrected chi connectivity index (χ3v) is 4.33. The Morgan fingerprint density at radius 3 is 2.38 bits per heavy atom. The fourth-order valence-corrected chi connectivity index (χ4v) is 2.84. The maximum Gasteiger partial charge on any atom is -1.00 e. The van der Waals surface area contributed by atoms with Gasteiger partial charge in [0.25, 0.3) is 0 Å². The van der Waals surface area contributed by atoms with Gasteiger partial charge >= 0.3 is 104 Å². The van der Waals surface area contributed by atoms with Crippen molar-refractivity contribution in [2.24, 2.45) is 0 Å². The predicted molar refractivity (Wildman–Crippen MR) is 62.2 cm³/mol. The summed E-state index contributed by atoms with van der Waals surface area (Å²) < 4.78 is 2.00. The summed E-state index contributed by atoms with van der Waals surface area (Å²) in [6.07, 6.45) is 8.35. The summed E-state index contributed by atoms with van der Waals surface area (Å²) in [5.41, 5.74) is 1.58. The summed E-state index contributed by atoms with van der Waals surface area (Å²) in [6.45, 7) is 6.87. The first-order valence-corrected chi connectivity index (χ1v) is 7.00. The van der Waals surface area contributed by atoms with Gasteiger partial charge in [-0.15, -0.1) is 0 Å². The summed E-state index contributed by atoms with van der Waals surface area (Å²) in [7, 11) is 0. The molecule has 0 spiro atoms. The Kier molecular flexibility index (Phi) is 11.1. The first-order valence-electron chi connectivity index (χ1n) is 5.23. The van der Waals surface area contributed by atoms with Crippen molar-refractivity contribution in [3.63, 3.8) is 0 Å². The van der Waals surface area contributed by atoms with Gasteiger partial charge in [0, 0.05) is 0 Å². The predicted octanol–water partition coefficient (Wildman–Crippen LogP) is -1.93. The molecule has 0 bridgehead atoms. The average Bonchev–Trinajstić information content (AvgIpc) is 2.44. The van der Waals surface area contributed by atoms with E-state index < -0.39 is 0 Å². The van der Waals surface area contributed by atoms with Crippen LogP contribution in [0.3, 0.4) is 0 Å². The van der Waals surface area contributed by atoms with E-state index in [1.807, 2.05) is 0 Å². The van der Waals surface area contributed by atoms with Gasteiger partial charge in [-0.25, -0.2) is 0 Å². The Bertz CT molecular complexity index is 254. The number of hydrogen-bond acceptors (Lipinski definition) is 1. The van der Waals surface area contributed by atoms with Gasteiger partial charge in [0.1, 0.15) is 0 Å². The van der Waals surface area contributed by atoms with E-state index in [2.05, 4.69) is 65.1 Å². The molecule has 1 aliphatic rings. The number of rotatable bonds is 4. The second kappa shape index (κ2) is 9.11. The smallest absolute Gasteiger partial charge is 1.00 e. The Balaban J connectivity index is 0. The molecule has 0 fully saturated rings. The molecule has 0 amide bonds. The molecular formula is C12H19Cl2STi. The summed E-state index contributed by atoms with van der Waals surface area (Å²) in [5.74, 6) is 1.29. The second-order valence-electron chi connectivity index (χ2n) is 4.67. The second-order valence-corrected chi connectivity index (χ2v) is 7.54. The van der Waals surface area contributed by atoms with Crippen LogP contribution in [0.2, 0.25) is 0 Å². The molecule has 0 heterocycles. The molecule has 0 aromatic rings. The SMILES string of the molecule is CC(C)(C)SCCCC1=[C]([Ti+2])CC=C1.[Cl-].[Cl-]. The molecule has 0 N–H and O–H groups in total. The average molecular weight is 314 g/mol. The zero-order valence-electron chi connectivity index (χ0n) is 10.1. The zero-order chi connectivity index (χ0) is 10.6. The van der Waals surface area contributed by atoms with Crippen molar-refractivity contribution >= 4 is 11.8 Å². The van der Waals surface area contributed by atoms with Crippen LogP contribution in [0.15, 0.2) is 21.6 Å². The van der Waals surface area contributed by atoms with Crippen molar-refractivity contribution in [2.75, 3.05) is 5.75 Å². The van der Waals surface area contributed by atoms with Crippen LogP contribution in [-0.4, -0.2) is 10.5 Å². The van der Waals surface area contributed by atoms with Gasteiger partial charge in [0.15, 0.2) is 0 Å². The summed E-state index contributed by atoms with van der Waals surface area (Å²) in [5, 5.41) is 0. The van der Waals surface area contributed by atoms with E-state index in [1.165, 1.54) is 25.0 Å². The Morgan fingerprint density at radius 2 is 1.94 bits per heavy atom. The molecule has 1 rings (SSSR count). The van der Waals surface area contributed by atoms with Crippen molar-refractivity contribution in [3.05, 3.63) is 21.6 Å². The third kappa shape index (κ3) is 8.25. The van der Waals surface area contributed by atoms with Crippen molar-refractivity contribution < 1.29 is 45.2 Å². The van der Waals surface area contributed by atoms with E-state index in [0.717, 1.165) is 0 Å². The molecule has 0 saturated heterocycles. The molecule has 0 aliphatic heterocycles. The minimum absolute atomic E-state index is 0. The van der Waals surface area contributed by atoms with Gasteiger partial charge in [0.05, 0.1) is 0 Å². The maximum atomic E-state index is 2.30. The van der Waals surface area contributed by atoms with Crippen LogP contribution in [0.5, 0.6) is 0 Å². The molecule has 0 saturated carbocycles. The first kappa shape index (κ1) is 19.5. The van der Waals surface area contributed by atoms with E-state index in [1.54, 1.807) is 9.45 Å². The minimum Gasteiger partial charge on any atom is -1.00 e. The molecule has 0 nitrogen and oxygen atoms in total. The van der Waals surface area contributed by atoms with Crippen LogP contribution < -0.4 is 24.8 Å². The largest absolute Gasteiger partial charge is 1.00 e. The van der Waals surface area contributed by atoms with E-state index in [-0.39, 0.29) is 24.8 Å². The van der Waals surface area contributed by atoms with Crippen molar-refractivity contribution in [1.82, 2.24) is 0 Å². The van der Waals surface area contributed by atoms with Crippen LogP contribution in [0.1, 0.15) is 40.0 Å². The number of halogens is 2. The quantitative estimate of drug-likeness (QED) is 0.430. The monoisotopic (exact) mass is 313 g/mol. The molecule has 16 heavy (non-hydrogen) atoms. The molecule has 0 aromatic carbocycles. The molecule has 4 heteroatoms. The summed E-state index contributed by atoms with van der Waals surface area (Å²) >= 11 is 4.33. The van der Waals surface area contributed by atoms with Crippen LogP contribution in [0.4, 0.5) is 0 Å². The zero-order valence-corrected chi connectivity index (χ0v) is 14.0. The topological polar surface area (TPSA) is 0 Å². The van der Waals surface area contributed by atoms with E-state index in [0.29, 0.717) is 4.75 Å². The Hall–Kier alpha value is 1.12. The van der Waals surface area contributed by atoms with Crippen molar-refractivity contribution in [3.8, 4) is 0 Å². The van der Waals surface area contributed by atoms with E-state index >= 15 is 0 Å². The third-order valence-electron chi connectivity index (χ3n) is 2.15. The van der Waals surface area contributed by atoms with Gasteiger partial charge < -0.3 is 24.8 Å². The van der Waals surface area contributed by atoms with Crippen molar-refractivity contribution in [2.45, 2.75) is 44.8 Å². The van der Waals surface area contributed by atoms with Gasteiger partial charge in [-0.3, -0.25) is 0 Å². The number of allylic oxidation sites excluding steroid dienone is 4. The molecule has 91 valence electrons. The van der Waals surface area contributed by atoms with E-state index in [9.17, 15) is 0 Å². The Morgan fingerprint density at radius 1 is 1.31 bits per heavy atom. The molecule has 1 aliphatic carbocycles. The van der Waals surface area contributed by atoms with E-state index in [4.69, 9.17) is 0 Å². The van der Waals surface area contributed by atoms with Crippen LogP contribution in [-0.2, 0) is 20.4 Å². The standard InChI is InChI=1S/C12H19S.2ClH.Ti/c1-12(2,3)13-10-6-9-11-7-4-5-8-11;;;/h4,7H,5-6,9-10H2,1-3H3;2*1H;/q;;;+2/p-2. The van der Waals surface area contributed by atoms with Gasteiger partial charge in [-0.2, -0.15) is 0 Å². The number of thioether (sulfide) groups is 1. The van der Waals surface area contributed by atoms with Crippen molar-refractivity contribution in [1.29, 1.82) is 0 Å². The first-order chi connectivity index (χ1) is 6.49. The van der Waals surface area contributed by atoms with Crippen LogP contribution in [0, 0.1) is 0 Å². The molecular weight excluding hydrogens is 295 g/mol. The fourth-order valence-electron chi connectivity index (χ4n) is 1.43. The maximum absolute atomic E-state index is 2.30. The summed E-state index contributed by atoms with van der Waals surface area (Å²) in [4.78, 5) is 0. The van der Waals surface area contributed by atoms with Crippen LogP contribution >= 0.6 is 11.8 Å². The minimum atomic E-state index is 0. The molecule has 0 aromatic heterocycles. The number of hydrogen-bond donors (Lipinski definition) is 0.